The lowest BCUT2D eigenvalue weighted by Crippen LogP contribution is -2.42. The van der Waals surface area contributed by atoms with Crippen molar-refractivity contribution in [2.75, 3.05) is 13.1 Å². The van der Waals surface area contributed by atoms with Gasteiger partial charge >= 0.3 is 0 Å². The van der Waals surface area contributed by atoms with E-state index < -0.39 is 0 Å². The van der Waals surface area contributed by atoms with Crippen molar-refractivity contribution in [3.05, 3.63) is 23.5 Å². The van der Waals surface area contributed by atoms with E-state index >= 15 is 0 Å². The maximum atomic E-state index is 12.3. The molecule has 1 fully saturated rings. The minimum Gasteiger partial charge on any atom is -0.356 e. The minimum absolute atomic E-state index is 0.000833. The van der Waals surface area contributed by atoms with Gasteiger partial charge in [0.15, 0.2) is 5.78 Å². The lowest BCUT2D eigenvalue weighted by atomic mass is 9.92. The molecule has 18 heavy (non-hydrogen) atoms. The molecule has 0 radical (unpaired) electrons. The second kappa shape index (κ2) is 4.96. The lowest BCUT2D eigenvalue weighted by Gasteiger charge is -2.34. The third-order valence-corrected chi connectivity index (χ3v) is 3.48. The Balaban J connectivity index is 2.12. The molecule has 0 bridgehead atoms. The summed E-state index contributed by atoms with van der Waals surface area (Å²) in [5, 5.41) is 0. The number of Topliss-reactive ketones (excluding diaryl/α,β-unsaturated/α-hetero) is 1. The first-order valence-corrected chi connectivity index (χ1v) is 6.46. The van der Waals surface area contributed by atoms with E-state index in [1.165, 1.54) is 13.3 Å². The van der Waals surface area contributed by atoms with Crippen molar-refractivity contribution >= 4 is 11.7 Å². The van der Waals surface area contributed by atoms with Gasteiger partial charge in [0.1, 0.15) is 5.69 Å². The van der Waals surface area contributed by atoms with E-state index in [1.807, 2.05) is 4.90 Å². The molecule has 1 aliphatic heterocycles. The summed E-state index contributed by atoms with van der Waals surface area (Å²) in [4.78, 5) is 28.3. The van der Waals surface area contributed by atoms with Gasteiger partial charge < -0.3 is 9.88 Å². The van der Waals surface area contributed by atoms with Crippen molar-refractivity contribution < 1.29 is 9.59 Å². The number of aromatic amines is 1. The normalized spacial score (nSPS) is 24.1. The first-order valence-electron chi connectivity index (χ1n) is 6.46. The molecule has 1 aliphatic rings. The van der Waals surface area contributed by atoms with Crippen LogP contribution in [0.25, 0.3) is 0 Å². The van der Waals surface area contributed by atoms with E-state index in [1.54, 1.807) is 12.3 Å². The van der Waals surface area contributed by atoms with E-state index in [9.17, 15) is 9.59 Å². The van der Waals surface area contributed by atoms with Crippen LogP contribution in [0, 0.1) is 11.8 Å². The molecule has 1 saturated heterocycles. The molecule has 2 heterocycles. The SMILES string of the molecule is CC(=O)c1c[nH]c(C(=O)N2C[C@@H](C)C[C@H](C)C2)c1. The van der Waals surface area contributed by atoms with Crippen LogP contribution in [0.2, 0.25) is 0 Å². The lowest BCUT2D eigenvalue weighted by molar-refractivity contribution is 0.0618. The first-order chi connectivity index (χ1) is 8.47. The number of likely N-dealkylation sites (tertiary alicyclic amines) is 1. The maximum Gasteiger partial charge on any atom is 0.270 e. The number of hydrogen-bond acceptors (Lipinski definition) is 2. The number of hydrogen-bond donors (Lipinski definition) is 1. The summed E-state index contributed by atoms with van der Waals surface area (Å²) < 4.78 is 0. The van der Waals surface area contributed by atoms with Crippen molar-refractivity contribution in [2.45, 2.75) is 27.2 Å². The fourth-order valence-electron chi connectivity index (χ4n) is 2.72. The molecule has 1 aromatic rings. The summed E-state index contributed by atoms with van der Waals surface area (Å²) in [6, 6.07) is 1.65. The number of nitrogens with zero attached hydrogens (tertiary/aromatic N) is 1. The molecule has 0 saturated carbocycles. The van der Waals surface area contributed by atoms with Crippen molar-refractivity contribution in [1.82, 2.24) is 9.88 Å². The molecule has 0 spiro atoms. The zero-order valence-electron chi connectivity index (χ0n) is 11.2. The van der Waals surface area contributed by atoms with Crippen molar-refractivity contribution in [3.63, 3.8) is 0 Å². The zero-order valence-corrected chi connectivity index (χ0v) is 11.2. The van der Waals surface area contributed by atoms with Crippen LogP contribution in [0.1, 0.15) is 48.0 Å². The zero-order chi connectivity index (χ0) is 13.3. The van der Waals surface area contributed by atoms with Crippen LogP contribution in [-0.4, -0.2) is 34.7 Å². The highest BCUT2D eigenvalue weighted by molar-refractivity contribution is 5.99. The molecule has 0 aromatic carbocycles. The summed E-state index contributed by atoms with van der Waals surface area (Å²) in [7, 11) is 0. The molecule has 1 N–H and O–H groups in total. The smallest absolute Gasteiger partial charge is 0.270 e. The van der Waals surface area contributed by atoms with Gasteiger partial charge in [0.05, 0.1) is 0 Å². The van der Waals surface area contributed by atoms with Gasteiger partial charge in [0.25, 0.3) is 5.91 Å². The molecule has 0 unspecified atom stereocenters. The van der Waals surface area contributed by atoms with Gasteiger partial charge in [0, 0.05) is 24.8 Å². The van der Waals surface area contributed by atoms with E-state index in [4.69, 9.17) is 0 Å². The Morgan fingerprint density at radius 2 is 1.89 bits per heavy atom. The van der Waals surface area contributed by atoms with Crippen LogP contribution >= 0.6 is 0 Å². The van der Waals surface area contributed by atoms with Crippen LogP contribution < -0.4 is 0 Å². The topological polar surface area (TPSA) is 53.2 Å². The average molecular weight is 248 g/mol. The number of carbonyl (C=O) groups excluding carboxylic acids is 2. The van der Waals surface area contributed by atoms with Gasteiger partial charge in [0.2, 0.25) is 0 Å². The fourth-order valence-corrected chi connectivity index (χ4v) is 2.72. The van der Waals surface area contributed by atoms with Crippen molar-refractivity contribution in [2.24, 2.45) is 11.8 Å². The summed E-state index contributed by atoms with van der Waals surface area (Å²) >= 11 is 0. The van der Waals surface area contributed by atoms with Crippen LogP contribution in [-0.2, 0) is 0 Å². The van der Waals surface area contributed by atoms with Crippen molar-refractivity contribution in [3.8, 4) is 0 Å². The maximum absolute atomic E-state index is 12.3. The molecule has 1 aromatic heterocycles. The molecular weight excluding hydrogens is 228 g/mol. The Labute approximate surface area is 107 Å². The number of ketones is 1. The highest BCUT2D eigenvalue weighted by Gasteiger charge is 2.26. The quantitative estimate of drug-likeness (QED) is 0.817. The molecule has 0 aliphatic carbocycles. The summed E-state index contributed by atoms with van der Waals surface area (Å²) in [5.74, 6) is 1.06. The number of amides is 1. The Hall–Kier alpha value is -1.58. The third-order valence-electron chi connectivity index (χ3n) is 3.48. The average Bonchev–Trinajstić information content (AvgIpc) is 2.75. The third kappa shape index (κ3) is 2.63. The van der Waals surface area contributed by atoms with Gasteiger partial charge in [-0.25, -0.2) is 0 Å². The molecular formula is C14H20N2O2. The standard InChI is InChI=1S/C14H20N2O2/c1-9-4-10(2)8-16(7-9)14(18)13-5-12(6-15-13)11(3)17/h5-6,9-10,15H,4,7-8H2,1-3H3/t9-,10-/m0/s1. The van der Waals surface area contributed by atoms with Crippen LogP contribution in [0.4, 0.5) is 0 Å². The largest absolute Gasteiger partial charge is 0.356 e. The van der Waals surface area contributed by atoms with Crippen LogP contribution in [0.5, 0.6) is 0 Å². The molecule has 1 amide bonds. The van der Waals surface area contributed by atoms with Gasteiger partial charge in [-0.1, -0.05) is 13.8 Å². The monoisotopic (exact) mass is 248 g/mol. The van der Waals surface area contributed by atoms with E-state index in [0.29, 0.717) is 23.1 Å². The molecule has 2 atom stereocenters. The second-order valence-corrected chi connectivity index (χ2v) is 5.51. The predicted molar refractivity (Wildman–Crippen MR) is 69.6 cm³/mol. The number of aromatic nitrogens is 1. The number of rotatable bonds is 2. The summed E-state index contributed by atoms with van der Waals surface area (Å²) in [5.41, 5.74) is 1.08. The number of H-pyrrole nitrogens is 1. The Bertz CT molecular complexity index is 454. The first kappa shape index (κ1) is 12.9. The molecule has 4 heteroatoms. The molecule has 98 valence electrons. The van der Waals surface area contributed by atoms with Gasteiger partial charge in [-0.05, 0) is 31.2 Å². The summed E-state index contributed by atoms with van der Waals surface area (Å²) in [6.45, 7) is 7.45. The second-order valence-electron chi connectivity index (χ2n) is 5.51. The summed E-state index contributed by atoms with van der Waals surface area (Å²) in [6.07, 6.45) is 2.78. The van der Waals surface area contributed by atoms with Gasteiger partial charge in [-0.3, -0.25) is 9.59 Å². The van der Waals surface area contributed by atoms with Crippen LogP contribution in [0.3, 0.4) is 0 Å². The van der Waals surface area contributed by atoms with Gasteiger partial charge in [-0.2, -0.15) is 0 Å². The molecule has 4 nitrogen and oxygen atoms in total. The Morgan fingerprint density at radius 3 is 2.39 bits per heavy atom. The highest BCUT2D eigenvalue weighted by atomic mass is 16.2. The van der Waals surface area contributed by atoms with Gasteiger partial charge in [-0.15, -0.1) is 0 Å². The number of nitrogens with one attached hydrogen (secondary N) is 1. The van der Waals surface area contributed by atoms with E-state index in [2.05, 4.69) is 18.8 Å². The Morgan fingerprint density at radius 1 is 1.28 bits per heavy atom. The van der Waals surface area contributed by atoms with E-state index in [0.717, 1.165) is 13.1 Å². The Kier molecular flexibility index (Phi) is 3.55. The number of carbonyl (C=O) groups is 2. The fraction of sp³-hybridized carbons (Fsp3) is 0.571. The molecule has 2 rings (SSSR count). The number of piperidine rings is 1. The van der Waals surface area contributed by atoms with Crippen LogP contribution in [0.15, 0.2) is 12.3 Å². The van der Waals surface area contributed by atoms with E-state index in [-0.39, 0.29) is 11.7 Å². The predicted octanol–water partition coefficient (Wildman–Crippen LogP) is 2.34. The van der Waals surface area contributed by atoms with Crippen molar-refractivity contribution in [1.29, 1.82) is 0 Å². The highest BCUT2D eigenvalue weighted by Crippen LogP contribution is 2.22. The minimum atomic E-state index is -0.0225.